The Balaban J connectivity index is -0.00000000750. The van der Waals surface area contributed by atoms with E-state index in [1.54, 1.807) is 0 Å². The Kier molecular flexibility index (Phi) is 84.0. The molecule has 7 heteroatoms. The molecule has 0 amide bonds. The Labute approximate surface area is 218 Å². The molecule has 0 rings (SSSR count). The van der Waals surface area contributed by atoms with Crippen molar-refractivity contribution in [1.82, 2.24) is 0 Å². The Morgan fingerprint density at radius 3 is 0.875 bits per heavy atom. The van der Waals surface area contributed by atoms with Crippen LogP contribution in [0, 0.1) is 0 Å². The number of hydrogen-bond acceptors (Lipinski definition) is 1. The Morgan fingerprint density at radius 1 is 0.875 bits per heavy atom. The standard InChI is InChI=1S/CH2O3.4K.4H/c2-1(3)4;;;;;;;;/h(H2,2,3,4);;;;;;;;. The maximum absolute atomic E-state index is 8.56. The monoisotopic (exact) mass is 222 g/mol. The fraction of sp³-hybridized carbons (Fsp3) is 0. The summed E-state index contributed by atoms with van der Waals surface area (Å²) in [5.74, 6) is 0. The molecule has 0 aromatic carbocycles. The van der Waals surface area contributed by atoms with Crippen LogP contribution in [0.4, 0.5) is 4.79 Å². The number of carbonyl (C=O) groups is 1. The van der Waals surface area contributed by atoms with Gasteiger partial charge in [0.25, 0.3) is 0 Å². The van der Waals surface area contributed by atoms with Crippen molar-refractivity contribution in [2.75, 3.05) is 0 Å². The van der Waals surface area contributed by atoms with Gasteiger partial charge in [-0.05, 0) is 0 Å². The van der Waals surface area contributed by atoms with E-state index in [1.807, 2.05) is 0 Å². The third-order valence-corrected chi connectivity index (χ3v) is 0. The average Bonchev–Trinajstić information content (AvgIpc) is 0.811. The molecule has 0 spiro atoms. The van der Waals surface area contributed by atoms with Gasteiger partial charge in [-0.25, -0.2) is 4.79 Å². The van der Waals surface area contributed by atoms with Gasteiger partial charge in [-0.1, -0.05) is 0 Å². The molecule has 0 fully saturated rings. The van der Waals surface area contributed by atoms with Crippen molar-refractivity contribution in [3.05, 3.63) is 0 Å². The first kappa shape index (κ1) is 29.2. The van der Waals surface area contributed by atoms with Crippen LogP contribution >= 0.6 is 0 Å². The summed E-state index contributed by atoms with van der Waals surface area (Å²) in [6.45, 7) is 0. The van der Waals surface area contributed by atoms with Crippen LogP contribution in [0.15, 0.2) is 0 Å². The van der Waals surface area contributed by atoms with Gasteiger partial charge in [-0.3, -0.25) is 0 Å². The summed E-state index contributed by atoms with van der Waals surface area (Å²) in [5.41, 5.74) is 0. The predicted octanol–water partition coefficient (Wildman–Crippen LogP) is -2.37. The van der Waals surface area contributed by atoms with Gasteiger partial charge in [-0.15, -0.1) is 0 Å². The Morgan fingerprint density at radius 2 is 0.875 bits per heavy atom. The zero-order chi connectivity index (χ0) is 3.58. The van der Waals surface area contributed by atoms with Gasteiger partial charge in [0.1, 0.15) is 0 Å². The summed E-state index contributed by atoms with van der Waals surface area (Å²) in [4.78, 5) is 8.56. The van der Waals surface area contributed by atoms with E-state index < -0.39 is 6.16 Å². The van der Waals surface area contributed by atoms with Crippen molar-refractivity contribution in [2.24, 2.45) is 0 Å². The van der Waals surface area contributed by atoms with Gasteiger partial charge in [0.2, 0.25) is 0 Å². The Bertz CT molecular complexity index is 34.3. The van der Waals surface area contributed by atoms with Crippen LogP contribution in [0.1, 0.15) is 0 Å². The van der Waals surface area contributed by atoms with Gasteiger partial charge in [0.15, 0.2) is 0 Å². The van der Waals surface area contributed by atoms with Crippen LogP contribution in [0.25, 0.3) is 0 Å². The van der Waals surface area contributed by atoms with Gasteiger partial charge in [0.05, 0.1) is 0 Å². The molecular formula is CH6K4O3. The molecule has 2 N–H and O–H groups in total. The Hall–Kier alpha value is 5.82. The fourth-order valence-electron chi connectivity index (χ4n) is 0. The molecule has 0 unspecified atom stereocenters. The zero-order valence-electron chi connectivity index (χ0n) is 1.80. The van der Waals surface area contributed by atoms with E-state index in [4.69, 9.17) is 15.0 Å². The van der Waals surface area contributed by atoms with E-state index >= 15 is 0 Å². The second-order valence-corrected chi connectivity index (χ2v) is 0.283. The number of carboxylic acid groups (broad SMARTS) is 2. The molecule has 0 radical (unpaired) electrons. The van der Waals surface area contributed by atoms with Gasteiger partial charge in [0, 0.05) is 0 Å². The fourth-order valence-corrected chi connectivity index (χ4v) is 0. The maximum atomic E-state index is 8.56. The molecule has 0 aromatic rings. The third kappa shape index (κ3) is 40.9. The van der Waals surface area contributed by atoms with Crippen LogP contribution in [0.3, 0.4) is 0 Å². The van der Waals surface area contributed by atoms with Gasteiger partial charge in [-0.2, -0.15) is 0 Å². The molecule has 32 valence electrons. The minimum atomic E-state index is -1.83. The molecule has 0 aliphatic heterocycles. The summed E-state index contributed by atoms with van der Waals surface area (Å²) < 4.78 is 0. The van der Waals surface area contributed by atoms with E-state index in [1.165, 1.54) is 0 Å². The summed E-state index contributed by atoms with van der Waals surface area (Å²) in [5, 5.41) is 13.9. The third-order valence-electron chi connectivity index (χ3n) is 0. The van der Waals surface area contributed by atoms with Crippen molar-refractivity contribution in [2.45, 2.75) is 0 Å². The quantitative estimate of drug-likeness (QED) is 0.451. The molecule has 8 heavy (non-hydrogen) atoms. The SMILES string of the molecule is O=C(O)O.[KH].[KH].[KH].[KH]. The molecule has 0 saturated heterocycles. The van der Waals surface area contributed by atoms with E-state index in [0.717, 1.165) is 0 Å². The number of hydrogen-bond donors (Lipinski definition) is 2. The molecule has 0 heterocycles. The van der Waals surface area contributed by atoms with E-state index in [9.17, 15) is 0 Å². The predicted molar refractivity (Wildman–Crippen MR) is 39.2 cm³/mol. The van der Waals surface area contributed by atoms with E-state index in [2.05, 4.69) is 0 Å². The summed E-state index contributed by atoms with van der Waals surface area (Å²) in [6.07, 6.45) is -1.83. The first-order chi connectivity index (χ1) is 1.73. The van der Waals surface area contributed by atoms with Crippen molar-refractivity contribution in [1.29, 1.82) is 0 Å². The molecule has 0 aliphatic rings. The summed E-state index contributed by atoms with van der Waals surface area (Å²) in [7, 11) is 0. The van der Waals surface area contributed by atoms with Crippen LogP contribution in [0.5, 0.6) is 0 Å². The average molecular weight is 222 g/mol. The van der Waals surface area contributed by atoms with Crippen molar-refractivity contribution >= 4 is 212 Å². The van der Waals surface area contributed by atoms with Crippen LogP contribution in [-0.2, 0) is 0 Å². The zero-order valence-corrected chi connectivity index (χ0v) is 1.80. The van der Waals surface area contributed by atoms with Crippen LogP contribution in [0.2, 0.25) is 0 Å². The number of rotatable bonds is 0. The van der Waals surface area contributed by atoms with Gasteiger partial charge < -0.3 is 10.2 Å². The molecule has 0 saturated carbocycles. The first-order valence-electron chi connectivity index (χ1n) is 0.651. The van der Waals surface area contributed by atoms with Crippen LogP contribution < -0.4 is 0 Å². The molecule has 0 aliphatic carbocycles. The van der Waals surface area contributed by atoms with Gasteiger partial charge >= 0.3 is 212 Å². The summed E-state index contributed by atoms with van der Waals surface area (Å²) >= 11 is 0. The second kappa shape index (κ2) is 23.0. The van der Waals surface area contributed by atoms with Crippen molar-refractivity contribution in [3.63, 3.8) is 0 Å². The van der Waals surface area contributed by atoms with Crippen molar-refractivity contribution in [3.8, 4) is 0 Å². The van der Waals surface area contributed by atoms with E-state index in [-0.39, 0.29) is 206 Å². The molecular weight excluding hydrogens is 216 g/mol. The topological polar surface area (TPSA) is 57.5 Å². The molecule has 0 atom stereocenters. The second-order valence-electron chi connectivity index (χ2n) is 0.283. The first-order valence-corrected chi connectivity index (χ1v) is 0.651. The molecule has 0 aromatic heterocycles. The van der Waals surface area contributed by atoms with Crippen molar-refractivity contribution < 1.29 is 15.0 Å². The van der Waals surface area contributed by atoms with E-state index in [0.29, 0.717) is 0 Å². The molecule has 0 bridgehead atoms. The van der Waals surface area contributed by atoms with Crippen LogP contribution in [-0.4, -0.2) is 222 Å². The normalized spacial score (nSPS) is 3.00. The summed E-state index contributed by atoms with van der Waals surface area (Å²) in [6, 6.07) is 0. The minimum absolute atomic E-state index is 0. The molecule has 3 nitrogen and oxygen atoms in total.